The predicted molar refractivity (Wildman–Crippen MR) is 83.4 cm³/mol. The number of fused-ring (bicyclic) bond motifs is 1. The van der Waals surface area contributed by atoms with Crippen molar-refractivity contribution in [2.24, 2.45) is 0 Å². The third-order valence-electron chi connectivity index (χ3n) is 4.10. The van der Waals surface area contributed by atoms with Crippen molar-refractivity contribution in [1.29, 1.82) is 0 Å². The van der Waals surface area contributed by atoms with Crippen molar-refractivity contribution in [1.82, 2.24) is 19.8 Å². The molecule has 116 valence electrons. The SMILES string of the molecule is CCc1nc2ccc(CC(=O)N3CCN(C=O)CC3)cc2[nH]1. The Morgan fingerprint density at radius 1 is 1.32 bits per heavy atom. The van der Waals surface area contributed by atoms with Gasteiger partial charge < -0.3 is 14.8 Å². The van der Waals surface area contributed by atoms with E-state index in [0.29, 0.717) is 32.6 Å². The molecule has 1 aromatic heterocycles. The van der Waals surface area contributed by atoms with Gasteiger partial charge in [-0.2, -0.15) is 0 Å². The summed E-state index contributed by atoms with van der Waals surface area (Å²) in [5.41, 5.74) is 2.90. The molecule has 1 aromatic carbocycles. The zero-order chi connectivity index (χ0) is 15.5. The van der Waals surface area contributed by atoms with Crippen LogP contribution in [-0.4, -0.2) is 58.3 Å². The van der Waals surface area contributed by atoms with Gasteiger partial charge in [0.1, 0.15) is 5.82 Å². The number of carbonyl (C=O) groups excluding carboxylic acids is 2. The minimum absolute atomic E-state index is 0.111. The molecule has 0 atom stereocenters. The molecule has 6 nitrogen and oxygen atoms in total. The number of benzene rings is 1. The van der Waals surface area contributed by atoms with Crippen LogP contribution in [0.3, 0.4) is 0 Å². The molecule has 2 aromatic rings. The van der Waals surface area contributed by atoms with E-state index >= 15 is 0 Å². The van der Waals surface area contributed by atoms with Gasteiger partial charge in [-0.25, -0.2) is 4.98 Å². The van der Waals surface area contributed by atoms with Crippen molar-refractivity contribution in [3.63, 3.8) is 0 Å². The first-order valence-electron chi connectivity index (χ1n) is 7.64. The number of nitrogens with one attached hydrogen (secondary N) is 1. The normalized spacial score (nSPS) is 15.3. The van der Waals surface area contributed by atoms with Gasteiger partial charge in [0.25, 0.3) is 0 Å². The molecule has 0 aliphatic carbocycles. The van der Waals surface area contributed by atoms with E-state index in [-0.39, 0.29) is 5.91 Å². The minimum Gasteiger partial charge on any atom is -0.342 e. The zero-order valence-corrected chi connectivity index (χ0v) is 12.7. The number of hydrogen-bond donors (Lipinski definition) is 1. The minimum atomic E-state index is 0.111. The van der Waals surface area contributed by atoms with E-state index in [0.717, 1.165) is 35.3 Å². The summed E-state index contributed by atoms with van der Waals surface area (Å²) in [7, 11) is 0. The van der Waals surface area contributed by atoms with Crippen molar-refractivity contribution in [2.75, 3.05) is 26.2 Å². The van der Waals surface area contributed by atoms with Crippen LogP contribution in [0.5, 0.6) is 0 Å². The largest absolute Gasteiger partial charge is 0.342 e. The van der Waals surface area contributed by atoms with Crippen LogP contribution in [-0.2, 0) is 22.4 Å². The number of piperazine rings is 1. The quantitative estimate of drug-likeness (QED) is 0.855. The van der Waals surface area contributed by atoms with Crippen LogP contribution >= 0.6 is 0 Å². The lowest BCUT2D eigenvalue weighted by Crippen LogP contribution is -2.48. The molecule has 1 aliphatic heterocycles. The summed E-state index contributed by atoms with van der Waals surface area (Å²) in [4.78, 5) is 34.3. The summed E-state index contributed by atoms with van der Waals surface area (Å²) in [6, 6.07) is 5.92. The molecule has 0 saturated carbocycles. The highest BCUT2D eigenvalue weighted by atomic mass is 16.2. The van der Waals surface area contributed by atoms with Crippen molar-refractivity contribution in [3.05, 3.63) is 29.6 Å². The average Bonchev–Trinajstić information content (AvgIpc) is 2.97. The number of aromatic amines is 1. The van der Waals surface area contributed by atoms with Crippen molar-refractivity contribution in [3.8, 4) is 0 Å². The highest BCUT2D eigenvalue weighted by molar-refractivity contribution is 5.82. The van der Waals surface area contributed by atoms with Crippen LogP contribution in [0, 0.1) is 0 Å². The Kier molecular flexibility index (Phi) is 4.09. The summed E-state index contributed by atoms with van der Waals surface area (Å²) in [5, 5.41) is 0. The fraction of sp³-hybridized carbons (Fsp3) is 0.438. The lowest BCUT2D eigenvalue weighted by atomic mass is 10.1. The van der Waals surface area contributed by atoms with E-state index in [1.54, 1.807) is 4.90 Å². The van der Waals surface area contributed by atoms with Gasteiger partial charge in [-0.05, 0) is 17.7 Å². The van der Waals surface area contributed by atoms with Crippen LogP contribution in [0.2, 0.25) is 0 Å². The number of carbonyl (C=O) groups is 2. The van der Waals surface area contributed by atoms with Gasteiger partial charge in [0, 0.05) is 32.6 Å². The number of amides is 2. The molecule has 1 aliphatic rings. The van der Waals surface area contributed by atoms with E-state index in [1.807, 2.05) is 23.1 Å². The lowest BCUT2D eigenvalue weighted by molar-refractivity contribution is -0.134. The maximum absolute atomic E-state index is 12.4. The summed E-state index contributed by atoms with van der Waals surface area (Å²) in [6.45, 7) is 4.53. The Morgan fingerprint density at radius 3 is 2.77 bits per heavy atom. The van der Waals surface area contributed by atoms with Gasteiger partial charge in [0.15, 0.2) is 0 Å². The predicted octanol–water partition coefficient (Wildman–Crippen LogP) is 0.968. The molecular weight excluding hydrogens is 280 g/mol. The van der Waals surface area contributed by atoms with Gasteiger partial charge in [-0.15, -0.1) is 0 Å². The lowest BCUT2D eigenvalue weighted by Gasteiger charge is -2.32. The molecule has 2 amide bonds. The van der Waals surface area contributed by atoms with E-state index < -0.39 is 0 Å². The van der Waals surface area contributed by atoms with Gasteiger partial charge in [-0.3, -0.25) is 9.59 Å². The highest BCUT2D eigenvalue weighted by Gasteiger charge is 2.20. The molecule has 3 rings (SSSR count). The zero-order valence-electron chi connectivity index (χ0n) is 12.7. The summed E-state index contributed by atoms with van der Waals surface area (Å²) in [6.07, 6.45) is 2.10. The van der Waals surface area contributed by atoms with Gasteiger partial charge in [0.05, 0.1) is 17.5 Å². The number of H-pyrrole nitrogens is 1. The van der Waals surface area contributed by atoms with Gasteiger partial charge >= 0.3 is 0 Å². The monoisotopic (exact) mass is 300 g/mol. The first-order valence-corrected chi connectivity index (χ1v) is 7.64. The van der Waals surface area contributed by atoms with Crippen LogP contribution in [0.25, 0.3) is 11.0 Å². The highest BCUT2D eigenvalue weighted by Crippen LogP contribution is 2.15. The third kappa shape index (κ3) is 2.95. The van der Waals surface area contributed by atoms with E-state index in [4.69, 9.17) is 0 Å². The Bertz CT molecular complexity index is 687. The smallest absolute Gasteiger partial charge is 0.227 e. The molecule has 1 N–H and O–H groups in total. The number of rotatable bonds is 4. The Labute approximate surface area is 129 Å². The van der Waals surface area contributed by atoms with E-state index in [1.165, 1.54) is 0 Å². The fourth-order valence-electron chi connectivity index (χ4n) is 2.75. The Morgan fingerprint density at radius 2 is 2.09 bits per heavy atom. The third-order valence-corrected chi connectivity index (χ3v) is 4.10. The standard InChI is InChI=1S/C16H20N4O2/c1-2-15-17-13-4-3-12(9-14(13)18-15)10-16(22)20-7-5-19(11-21)6-8-20/h3-4,9,11H,2,5-8,10H2,1H3,(H,17,18). The maximum Gasteiger partial charge on any atom is 0.227 e. The fourth-order valence-corrected chi connectivity index (χ4v) is 2.75. The number of hydrogen-bond acceptors (Lipinski definition) is 3. The number of aromatic nitrogens is 2. The molecule has 6 heteroatoms. The van der Waals surface area contributed by atoms with Crippen molar-refractivity contribution < 1.29 is 9.59 Å². The maximum atomic E-state index is 12.4. The summed E-state index contributed by atoms with van der Waals surface area (Å²) >= 11 is 0. The first kappa shape index (κ1) is 14.6. The average molecular weight is 300 g/mol. The molecular formula is C16H20N4O2. The van der Waals surface area contributed by atoms with Crippen molar-refractivity contribution >= 4 is 23.4 Å². The first-order chi connectivity index (χ1) is 10.7. The molecule has 0 unspecified atom stereocenters. The van der Waals surface area contributed by atoms with Crippen LogP contribution in [0.1, 0.15) is 18.3 Å². The van der Waals surface area contributed by atoms with E-state index in [2.05, 4.69) is 16.9 Å². The molecule has 22 heavy (non-hydrogen) atoms. The molecule has 2 heterocycles. The topological polar surface area (TPSA) is 69.3 Å². The number of aryl methyl sites for hydroxylation is 1. The summed E-state index contributed by atoms with van der Waals surface area (Å²) < 4.78 is 0. The molecule has 0 spiro atoms. The van der Waals surface area contributed by atoms with Crippen molar-refractivity contribution in [2.45, 2.75) is 19.8 Å². The molecule has 0 radical (unpaired) electrons. The number of imidazole rings is 1. The Balaban J connectivity index is 1.67. The molecule has 0 bridgehead atoms. The second-order valence-corrected chi connectivity index (χ2v) is 5.59. The molecule has 1 fully saturated rings. The second-order valence-electron chi connectivity index (χ2n) is 5.59. The number of nitrogens with zero attached hydrogens (tertiary/aromatic N) is 3. The summed E-state index contributed by atoms with van der Waals surface area (Å²) in [5.74, 6) is 1.07. The van der Waals surface area contributed by atoms with Crippen LogP contribution in [0.15, 0.2) is 18.2 Å². The van der Waals surface area contributed by atoms with Gasteiger partial charge in [0.2, 0.25) is 12.3 Å². The van der Waals surface area contributed by atoms with Crippen LogP contribution < -0.4 is 0 Å². The second kappa shape index (κ2) is 6.17. The molecule has 1 saturated heterocycles. The van der Waals surface area contributed by atoms with Crippen LogP contribution in [0.4, 0.5) is 0 Å². The van der Waals surface area contributed by atoms with Gasteiger partial charge in [-0.1, -0.05) is 13.0 Å². The van der Waals surface area contributed by atoms with E-state index in [9.17, 15) is 9.59 Å². The Hall–Kier alpha value is -2.37.